The fourth-order valence-corrected chi connectivity index (χ4v) is 2.42. The molecule has 0 amide bonds. The first-order valence-electron chi connectivity index (χ1n) is 6.46. The zero-order valence-corrected chi connectivity index (χ0v) is 12.6. The number of thiol groups is 1. The fourth-order valence-electron chi connectivity index (χ4n) is 1.88. The van der Waals surface area contributed by atoms with Gasteiger partial charge in [-0.05, 0) is 37.7 Å². The van der Waals surface area contributed by atoms with Gasteiger partial charge in [-0.2, -0.15) is 12.6 Å². The second-order valence-electron chi connectivity index (χ2n) is 4.86. The van der Waals surface area contributed by atoms with E-state index in [1.54, 1.807) is 19.1 Å². The summed E-state index contributed by atoms with van der Waals surface area (Å²) in [6.45, 7) is 6.56. The van der Waals surface area contributed by atoms with E-state index in [1.165, 1.54) is 6.07 Å². The van der Waals surface area contributed by atoms with Crippen molar-refractivity contribution in [1.82, 2.24) is 0 Å². The Morgan fingerprint density at radius 3 is 2.42 bits per heavy atom. The van der Waals surface area contributed by atoms with Crippen LogP contribution < -0.4 is 4.74 Å². The van der Waals surface area contributed by atoms with Gasteiger partial charge < -0.3 is 4.74 Å². The van der Waals surface area contributed by atoms with Gasteiger partial charge in [0.1, 0.15) is 5.75 Å². The SMILES string of the molecule is CCC(CC)(CS)COc1ccc([N+](=O)[O-])c(C)c1. The van der Waals surface area contributed by atoms with Gasteiger partial charge in [-0.15, -0.1) is 0 Å². The average molecular weight is 283 g/mol. The van der Waals surface area contributed by atoms with Gasteiger partial charge in [0, 0.05) is 17.0 Å². The lowest BCUT2D eigenvalue weighted by molar-refractivity contribution is -0.385. The minimum absolute atomic E-state index is 0.0682. The van der Waals surface area contributed by atoms with Gasteiger partial charge in [-0.1, -0.05) is 13.8 Å². The summed E-state index contributed by atoms with van der Waals surface area (Å²) in [6.07, 6.45) is 2.00. The maximum atomic E-state index is 10.7. The number of aryl methyl sites for hydroxylation is 1. The third-order valence-electron chi connectivity index (χ3n) is 3.75. The lowest BCUT2D eigenvalue weighted by Gasteiger charge is -2.29. The molecule has 106 valence electrons. The van der Waals surface area contributed by atoms with Crippen molar-refractivity contribution in [3.05, 3.63) is 33.9 Å². The van der Waals surface area contributed by atoms with Gasteiger partial charge in [0.2, 0.25) is 0 Å². The molecule has 0 fully saturated rings. The molecule has 0 aliphatic rings. The van der Waals surface area contributed by atoms with Crippen molar-refractivity contribution in [1.29, 1.82) is 0 Å². The number of nitrogens with zero attached hydrogens (tertiary/aromatic N) is 1. The van der Waals surface area contributed by atoms with E-state index < -0.39 is 0 Å². The number of rotatable bonds is 7. The van der Waals surface area contributed by atoms with Gasteiger partial charge >= 0.3 is 0 Å². The van der Waals surface area contributed by atoms with Crippen molar-refractivity contribution in [2.24, 2.45) is 5.41 Å². The molecule has 0 N–H and O–H groups in total. The van der Waals surface area contributed by atoms with Gasteiger partial charge in [0.25, 0.3) is 5.69 Å². The maximum absolute atomic E-state index is 10.7. The summed E-state index contributed by atoms with van der Waals surface area (Å²) in [5.74, 6) is 1.45. The largest absolute Gasteiger partial charge is 0.493 e. The van der Waals surface area contributed by atoms with Crippen LogP contribution in [0, 0.1) is 22.5 Å². The van der Waals surface area contributed by atoms with Crippen molar-refractivity contribution < 1.29 is 9.66 Å². The summed E-state index contributed by atoms with van der Waals surface area (Å²) < 4.78 is 5.79. The molecular weight excluding hydrogens is 262 g/mol. The van der Waals surface area contributed by atoms with E-state index in [0.29, 0.717) is 17.9 Å². The molecule has 19 heavy (non-hydrogen) atoms. The highest BCUT2D eigenvalue weighted by molar-refractivity contribution is 7.80. The molecule has 5 heteroatoms. The second kappa shape index (κ2) is 6.80. The van der Waals surface area contributed by atoms with Crippen molar-refractivity contribution >= 4 is 18.3 Å². The zero-order chi connectivity index (χ0) is 14.5. The highest BCUT2D eigenvalue weighted by Crippen LogP contribution is 2.30. The number of hydrogen-bond acceptors (Lipinski definition) is 4. The van der Waals surface area contributed by atoms with Crippen LogP contribution in [0.15, 0.2) is 18.2 Å². The Hall–Kier alpha value is -1.23. The third kappa shape index (κ3) is 3.86. The molecule has 0 unspecified atom stereocenters. The molecule has 0 aromatic heterocycles. The number of ether oxygens (including phenoxy) is 1. The minimum Gasteiger partial charge on any atom is -0.493 e. The average Bonchev–Trinajstić information content (AvgIpc) is 2.40. The van der Waals surface area contributed by atoms with E-state index in [-0.39, 0.29) is 16.0 Å². The number of benzene rings is 1. The van der Waals surface area contributed by atoms with Crippen LogP contribution in [0.2, 0.25) is 0 Å². The monoisotopic (exact) mass is 283 g/mol. The van der Waals surface area contributed by atoms with Crippen molar-refractivity contribution in [3.63, 3.8) is 0 Å². The van der Waals surface area contributed by atoms with Crippen LogP contribution >= 0.6 is 12.6 Å². The normalized spacial score (nSPS) is 11.4. The highest BCUT2D eigenvalue weighted by atomic mass is 32.1. The molecule has 0 radical (unpaired) electrons. The first kappa shape index (κ1) is 15.8. The molecule has 0 spiro atoms. The molecular formula is C14H21NO3S. The van der Waals surface area contributed by atoms with Crippen molar-refractivity contribution in [3.8, 4) is 5.75 Å². The van der Waals surface area contributed by atoms with Crippen LogP contribution in [0.3, 0.4) is 0 Å². The van der Waals surface area contributed by atoms with E-state index in [4.69, 9.17) is 4.74 Å². The molecule has 0 heterocycles. The van der Waals surface area contributed by atoms with E-state index in [0.717, 1.165) is 18.6 Å². The van der Waals surface area contributed by atoms with Crippen LogP contribution in [0.4, 0.5) is 5.69 Å². The van der Waals surface area contributed by atoms with Gasteiger partial charge in [-0.3, -0.25) is 10.1 Å². The Morgan fingerprint density at radius 1 is 1.37 bits per heavy atom. The summed E-state index contributed by atoms with van der Waals surface area (Å²) >= 11 is 4.40. The van der Waals surface area contributed by atoms with Crippen LogP contribution in [0.25, 0.3) is 0 Å². The van der Waals surface area contributed by atoms with Gasteiger partial charge in [0.15, 0.2) is 0 Å². The van der Waals surface area contributed by atoms with Gasteiger partial charge in [-0.25, -0.2) is 0 Å². The van der Waals surface area contributed by atoms with Crippen LogP contribution in [0.1, 0.15) is 32.3 Å². The smallest absolute Gasteiger partial charge is 0.272 e. The molecule has 0 aliphatic carbocycles. The summed E-state index contributed by atoms with van der Waals surface area (Å²) in [5, 5.41) is 10.7. The van der Waals surface area contributed by atoms with Crippen molar-refractivity contribution in [2.75, 3.05) is 12.4 Å². The molecule has 0 atom stereocenters. The predicted octanol–water partition coefficient (Wildman–Crippen LogP) is 4.02. The quantitative estimate of drug-likeness (QED) is 0.467. The highest BCUT2D eigenvalue weighted by Gasteiger charge is 2.25. The minimum atomic E-state index is -0.380. The van der Waals surface area contributed by atoms with Crippen molar-refractivity contribution in [2.45, 2.75) is 33.6 Å². The van der Waals surface area contributed by atoms with E-state index in [2.05, 4.69) is 26.5 Å². The second-order valence-corrected chi connectivity index (χ2v) is 5.18. The Morgan fingerprint density at radius 2 is 2.00 bits per heavy atom. The summed E-state index contributed by atoms with van der Waals surface area (Å²) in [5.41, 5.74) is 0.810. The first-order valence-corrected chi connectivity index (χ1v) is 7.10. The molecule has 0 aliphatic heterocycles. The predicted molar refractivity (Wildman–Crippen MR) is 80.2 cm³/mol. The summed E-state index contributed by atoms with van der Waals surface area (Å²) in [7, 11) is 0. The molecule has 0 saturated carbocycles. The number of nitro groups is 1. The van der Waals surface area contributed by atoms with E-state index in [9.17, 15) is 10.1 Å². The first-order chi connectivity index (χ1) is 8.98. The molecule has 0 saturated heterocycles. The lowest BCUT2D eigenvalue weighted by atomic mass is 9.85. The maximum Gasteiger partial charge on any atom is 0.272 e. The molecule has 1 aromatic rings. The Balaban J connectivity index is 2.78. The van der Waals surface area contributed by atoms with Crippen LogP contribution in [-0.2, 0) is 0 Å². The Bertz CT molecular complexity index is 436. The summed E-state index contributed by atoms with van der Waals surface area (Å²) in [4.78, 5) is 10.4. The number of hydrogen-bond donors (Lipinski definition) is 1. The topological polar surface area (TPSA) is 52.4 Å². The molecule has 1 aromatic carbocycles. The fraction of sp³-hybridized carbons (Fsp3) is 0.571. The molecule has 0 bridgehead atoms. The lowest BCUT2D eigenvalue weighted by Crippen LogP contribution is -2.29. The molecule has 1 rings (SSSR count). The zero-order valence-electron chi connectivity index (χ0n) is 11.7. The molecule has 4 nitrogen and oxygen atoms in total. The van der Waals surface area contributed by atoms with Crippen LogP contribution in [-0.4, -0.2) is 17.3 Å². The van der Waals surface area contributed by atoms with E-state index >= 15 is 0 Å². The standard InChI is InChI=1S/C14H21NO3S/c1-4-14(5-2,10-19)9-18-12-6-7-13(15(16)17)11(3)8-12/h6-8,19H,4-5,9-10H2,1-3H3. The van der Waals surface area contributed by atoms with E-state index in [1.807, 2.05) is 0 Å². The van der Waals surface area contributed by atoms with Crippen LogP contribution in [0.5, 0.6) is 5.75 Å². The summed E-state index contributed by atoms with van der Waals surface area (Å²) in [6, 6.07) is 4.86. The number of nitro benzene ring substituents is 1. The Labute approximate surface area is 119 Å². The van der Waals surface area contributed by atoms with Gasteiger partial charge in [0.05, 0.1) is 11.5 Å². The third-order valence-corrected chi connectivity index (χ3v) is 4.42. The Kier molecular flexibility index (Phi) is 5.66.